The molecular weight excluding hydrogens is 522 g/mol. The SMILES string of the molecule is CCC(COC(=O)CCSCCCN)(COC(=O)CCSCCCN)COC(=O)CCSCCCN. The minimum atomic E-state index is -0.785. The molecule has 0 rings (SSSR count). The Balaban J connectivity index is 4.76. The van der Waals surface area contributed by atoms with Gasteiger partial charge in [0, 0.05) is 17.3 Å². The van der Waals surface area contributed by atoms with Gasteiger partial charge in [0.1, 0.15) is 19.8 Å². The quantitative estimate of drug-likeness (QED) is 0.0839. The van der Waals surface area contributed by atoms with Crippen molar-refractivity contribution in [2.45, 2.75) is 51.9 Å². The molecule has 0 unspecified atom stereocenters. The molecule has 0 aliphatic carbocycles. The first-order valence-corrected chi connectivity index (χ1v) is 16.2. The highest BCUT2D eigenvalue weighted by molar-refractivity contribution is 7.99. The number of ether oxygens (including phenoxy) is 3. The second kappa shape index (κ2) is 24.7. The molecule has 0 aromatic rings. The Morgan fingerprint density at radius 1 is 0.583 bits per heavy atom. The fourth-order valence-electron chi connectivity index (χ4n) is 2.68. The maximum Gasteiger partial charge on any atom is 0.306 e. The predicted octanol–water partition coefficient (Wildman–Crippen LogP) is 2.43. The number of carbonyl (C=O) groups excluding carboxylic acids is 3. The topological polar surface area (TPSA) is 157 Å². The number of esters is 3. The summed E-state index contributed by atoms with van der Waals surface area (Å²) in [4.78, 5) is 36.8. The molecule has 0 aliphatic rings. The van der Waals surface area contributed by atoms with Crippen LogP contribution >= 0.6 is 35.3 Å². The van der Waals surface area contributed by atoms with E-state index in [1.54, 1.807) is 35.3 Å². The van der Waals surface area contributed by atoms with Crippen LogP contribution in [0.1, 0.15) is 51.9 Å². The molecule has 0 atom stereocenters. The monoisotopic (exact) mass is 569 g/mol. The Kier molecular flexibility index (Phi) is 24.2. The summed E-state index contributed by atoms with van der Waals surface area (Å²) >= 11 is 4.98. The zero-order valence-corrected chi connectivity index (χ0v) is 24.3. The average Bonchev–Trinajstić information content (AvgIpc) is 2.88. The maximum absolute atomic E-state index is 12.3. The van der Waals surface area contributed by atoms with Crippen LogP contribution in [0.15, 0.2) is 0 Å². The zero-order valence-electron chi connectivity index (χ0n) is 21.8. The van der Waals surface area contributed by atoms with Crippen molar-refractivity contribution in [2.75, 3.05) is 74.0 Å². The lowest BCUT2D eigenvalue weighted by molar-refractivity contribution is -0.161. The second-order valence-electron chi connectivity index (χ2n) is 8.35. The van der Waals surface area contributed by atoms with E-state index >= 15 is 0 Å². The Labute approximate surface area is 229 Å². The van der Waals surface area contributed by atoms with E-state index in [0.29, 0.717) is 43.3 Å². The summed E-state index contributed by atoms with van der Waals surface area (Å²) in [5.74, 6) is 3.73. The minimum absolute atomic E-state index is 0.0207. The highest BCUT2D eigenvalue weighted by Crippen LogP contribution is 2.25. The van der Waals surface area contributed by atoms with Gasteiger partial charge in [0.05, 0.1) is 24.7 Å². The third-order valence-electron chi connectivity index (χ3n) is 5.20. The second-order valence-corrected chi connectivity index (χ2v) is 12.0. The van der Waals surface area contributed by atoms with Gasteiger partial charge in [0.15, 0.2) is 0 Å². The molecule has 0 aromatic carbocycles. The summed E-state index contributed by atoms with van der Waals surface area (Å²) in [5.41, 5.74) is 15.7. The van der Waals surface area contributed by atoms with Gasteiger partial charge in [-0.3, -0.25) is 14.4 Å². The van der Waals surface area contributed by atoms with Crippen LogP contribution in [0.4, 0.5) is 0 Å². The van der Waals surface area contributed by atoms with E-state index in [1.165, 1.54) is 0 Å². The van der Waals surface area contributed by atoms with Gasteiger partial charge < -0.3 is 31.4 Å². The zero-order chi connectivity index (χ0) is 26.9. The molecule has 0 saturated carbocycles. The fraction of sp³-hybridized carbons (Fsp3) is 0.875. The maximum atomic E-state index is 12.3. The number of carbonyl (C=O) groups is 3. The molecule has 0 radical (unpaired) electrons. The minimum Gasteiger partial charge on any atom is -0.465 e. The molecule has 0 aromatic heterocycles. The van der Waals surface area contributed by atoms with E-state index in [4.69, 9.17) is 31.4 Å². The molecule has 212 valence electrons. The van der Waals surface area contributed by atoms with Gasteiger partial charge in [-0.25, -0.2) is 0 Å². The Bertz CT molecular complexity index is 513. The van der Waals surface area contributed by atoms with Gasteiger partial charge in [0.25, 0.3) is 0 Å². The molecule has 36 heavy (non-hydrogen) atoms. The van der Waals surface area contributed by atoms with Gasteiger partial charge in [-0.15, -0.1) is 0 Å². The third-order valence-corrected chi connectivity index (χ3v) is 8.41. The van der Waals surface area contributed by atoms with Crippen molar-refractivity contribution in [1.29, 1.82) is 0 Å². The summed E-state index contributed by atoms with van der Waals surface area (Å²) in [6.45, 7) is 3.86. The highest BCUT2D eigenvalue weighted by atomic mass is 32.2. The lowest BCUT2D eigenvalue weighted by Crippen LogP contribution is -2.39. The number of thioether (sulfide) groups is 3. The summed E-state index contributed by atoms with van der Waals surface area (Å²) in [5, 5.41) is 0. The normalized spacial score (nSPS) is 11.3. The summed E-state index contributed by atoms with van der Waals surface area (Å²) in [6.07, 6.45) is 4.10. The molecule has 0 saturated heterocycles. The van der Waals surface area contributed by atoms with E-state index in [9.17, 15) is 14.4 Å². The van der Waals surface area contributed by atoms with E-state index < -0.39 is 5.41 Å². The lowest BCUT2D eigenvalue weighted by atomic mass is 9.88. The van der Waals surface area contributed by atoms with Crippen molar-refractivity contribution in [3.63, 3.8) is 0 Å². The van der Waals surface area contributed by atoms with Gasteiger partial charge in [-0.2, -0.15) is 35.3 Å². The smallest absolute Gasteiger partial charge is 0.306 e. The van der Waals surface area contributed by atoms with Crippen LogP contribution in [0, 0.1) is 5.41 Å². The van der Waals surface area contributed by atoms with Crippen molar-refractivity contribution in [3.05, 3.63) is 0 Å². The van der Waals surface area contributed by atoms with Crippen LogP contribution in [0.3, 0.4) is 0 Å². The van der Waals surface area contributed by atoms with Crippen LogP contribution < -0.4 is 17.2 Å². The van der Waals surface area contributed by atoms with Crippen molar-refractivity contribution < 1.29 is 28.6 Å². The van der Waals surface area contributed by atoms with E-state index in [0.717, 1.165) is 36.5 Å². The number of nitrogens with two attached hydrogens (primary N) is 3. The fourth-order valence-corrected chi connectivity index (χ4v) is 5.34. The van der Waals surface area contributed by atoms with Gasteiger partial charge in [0.2, 0.25) is 0 Å². The molecular formula is C24H47N3O6S3. The largest absolute Gasteiger partial charge is 0.465 e. The summed E-state index contributed by atoms with van der Waals surface area (Å²) < 4.78 is 16.6. The molecule has 0 fully saturated rings. The third kappa shape index (κ3) is 20.4. The Morgan fingerprint density at radius 2 is 0.889 bits per heavy atom. The number of hydrogen-bond donors (Lipinski definition) is 3. The summed E-state index contributed by atoms with van der Waals surface area (Å²) in [6, 6.07) is 0. The molecule has 12 heteroatoms. The van der Waals surface area contributed by atoms with E-state index in [-0.39, 0.29) is 57.0 Å². The molecule has 9 nitrogen and oxygen atoms in total. The standard InChI is InChI=1S/C24H47N3O6S3/c1-2-24(18-31-21(28)6-15-34-12-3-9-25,19-32-22(29)7-16-35-13-4-10-26)20-33-23(30)8-17-36-14-5-11-27/h2-20,25-27H2,1H3. The molecule has 0 bridgehead atoms. The van der Waals surface area contributed by atoms with E-state index in [2.05, 4.69) is 0 Å². The van der Waals surface area contributed by atoms with Crippen LogP contribution in [0.2, 0.25) is 0 Å². The average molecular weight is 570 g/mol. The van der Waals surface area contributed by atoms with Gasteiger partial charge >= 0.3 is 17.9 Å². The molecule has 0 heterocycles. The Hall–Kier alpha value is -0.660. The van der Waals surface area contributed by atoms with Crippen molar-refractivity contribution >= 4 is 53.2 Å². The first-order chi connectivity index (χ1) is 17.4. The number of rotatable bonds is 25. The summed E-state index contributed by atoms with van der Waals surface area (Å²) in [7, 11) is 0. The van der Waals surface area contributed by atoms with Crippen LogP contribution in [-0.2, 0) is 28.6 Å². The molecule has 0 aliphatic heterocycles. The van der Waals surface area contributed by atoms with Crippen LogP contribution in [0.5, 0.6) is 0 Å². The van der Waals surface area contributed by atoms with E-state index in [1.807, 2.05) is 6.92 Å². The molecule has 0 amide bonds. The van der Waals surface area contributed by atoms with Gasteiger partial charge in [-0.1, -0.05) is 6.92 Å². The van der Waals surface area contributed by atoms with Crippen molar-refractivity contribution in [1.82, 2.24) is 0 Å². The molecule has 6 N–H and O–H groups in total. The van der Waals surface area contributed by atoms with Gasteiger partial charge in [-0.05, 0) is 62.6 Å². The molecule has 0 spiro atoms. The lowest BCUT2D eigenvalue weighted by Gasteiger charge is -2.31. The highest BCUT2D eigenvalue weighted by Gasteiger charge is 2.34. The first kappa shape index (κ1) is 35.3. The van der Waals surface area contributed by atoms with Crippen molar-refractivity contribution in [3.8, 4) is 0 Å². The predicted molar refractivity (Wildman–Crippen MR) is 152 cm³/mol. The first-order valence-electron chi connectivity index (χ1n) is 12.7. The number of hydrogen-bond acceptors (Lipinski definition) is 12. The van der Waals surface area contributed by atoms with Crippen LogP contribution in [0.25, 0.3) is 0 Å². The Morgan fingerprint density at radius 3 is 1.14 bits per heavy atom. The van der Waals surface area contributed by atoms with Crippen molar-refractivity contribution in [2.24, 2.45) is 22.6 Å². The van der Waals surface area contributed by atoms with Crippen LogP contribution in [-0.4, -0.2) is 91.9 Å².